The second-order valence-corrected chi connectivity index (χ2v) is 8.08. The zero-order chi connectivity index (χ0) is 19.9. The first-order chi connectivity index (χ1) is 13.6. The number of piperidine rings is 1. The van der Waals surface area contributed by atoms with E-state index < -0.39 is 0 Å². The van der Waals surface area contributed by atoms with Crippen molar-refractivity contribution in [2.24, 2.45) is 5.92 Å². The lowest BCUT2D eigenvalue weighted by Gasteiger charge is -2.35. The molecule has 3 rings (SSSR count). The van der Waals surface area contributed by atoms with Crippen molar-refractivity contribution in [3.63, 3.8) is 0 Å². The van der Waals surface area contributed by atoms with E-state index in [-0.39, 0.29) is 5.91 Å². The van der Waals surface area contributed by atoms with Crippen LogP contribution < -0.4 is 4.74 Å². The van der Waals surface area contributed by atoms with Crippen molar-refractivity contribution in [3.05, 3.63) is 53.1 Å². The van der Waals surface area contributed by atoms with Crippen molar-refractivity contribution in [3.8, 4) is 5.75 Å². The standard InChI is InChI=1S/C24H34N2O2/c1-4-26(24(27)22-11-10-19(2)15-22)18-21-8-6-13-25(17-21)14-12-20-7-5-9-23(16-20)28-3/h5,7,9-10,15-16,21H,4,6,8,11-14,17-18H2,1-3H3. The number of benzene rings is 1. The number of hydrogen-bond donors (Lipinski definition) is 0. The fourth-order valence-electron chi connectivity index (χ4n) is 4.30. The number of carbonyl (C=O) groups excluding carboxylic acids is 1. The van der Waals surface area contributed by atoms with Gasteiger partial charge in [-0.15, -0.1) is 0 Å². The fourth-order valence-corrected chi connectivity index (χ4v) is 4.30. The first-order valence-electron chi connectivity index (χ1n) is 10.6. The van der Waals surface area contributed by atoms with Gasteiger partial charge in [-0.3, -0.25) is 4.79 Å². The second-order valence-electron chi connectivity index (χ2n) is 8.08. The quantitative estimate of drug-likeness (QED) is 0.679. The summed E-state index contributed by atoms with van der Waals surface area (Å²) in [6.07, 6.45) is 8.46. The maximum Gasteiger partial charge on any atom is 0.250 e. The molecule has 4 heteroatoms. The molecule has 1 fully saturated rings. The number of methoxy groups -OCH3 is 1. The van der Waals surface area contributed by atoms with Crippen molar-refractivity contribution >= 4 is 5.91 Å². The summed E-state index contributed by atoms with van der Waals surface area (Å²) >= 11 is 0. The van der Waals surface area contributed by atoms with E-state index >= 15 is 0 Å². The Morgan fingerprint density at radius 1 is 1.36 bits per heavy atom. The van der Waals surface area contributed by atoms with Gasteiger partial charge in [-0.25, -0.2) is 0 Å². The normalized spacial score (nSPS) is 19.9. The molecule has 0 spiro atoms. The maximum atomic E-state index is 12.8. The minimum absolute atomic E-state index is 0.226. The number of hydrogen-bond acceptors (Lipinski definition) is 3. The van der Waals surface area contributed by atoms with Crippen LogP contribution in [0.2, 0.25) is 0 Å². The molecule has 1 saturated heterocycles. The van der Waals surface area contributed by atoms with E-state index in [1.54, 1.807) is 7.11 Å². The van der Waals surface area contributed by atoms with E-state index in [1.165, 1.54) is 24.0 Å². The molecule has 1 aliphatic heterocycles. The van der Waals surface area contributed by atoms with Gasteiger partial charge in [0.2, 0.25) is 5.91 Å². The van der Waals surface area contributed by atoms with E-state index in [0.29, 0.717) is 5.92 Å². The van der Waals surface area contributed by atoms with Crippen LogP contribution >= 0.6 is 0 Å². The summed E-state index contributed by atoms with van der Waals surface area (Å²) in [4.78, 5) is 17.5. The lowest BCUT2D eigenvalue weighted by atomic mass is 9.96. The van der Waals surface area contributed by atoms with E-state index in [2.05, 4.69) is 47.9 Å². The van der Waals surface area contributed by atoms with Crippen LogP contribution in [0.15, 0.2) is 47.6 Å². The topological polar surface area (TPSA) is 32.8 Å². The molecule has 28 heavy (non-hydrogen) atoms. The highest BCUT2D eigenvalue weighted by atomic mass is 16.5. The maximum absolute atomic E-state index is 12.8. The van der Waals surface area contributed by atoms with Gasteiger partial charge in [0.25, 0.3) is 0 Å². The van der Waals surface area contributed by atoms with Crippen molar-refractivity contribution in [1.29, 1.82) is 0 Å². The summed E-state index contributed by atoms with van der Waals surface area (Å²) < 4.78 is 5.33. The number of amides is 1. The number of likely N-dealkylation sites (tertiary alicyclic amines) is 1. The van der Waals surface area contributed by atoms with Crippen LogP contribution in [0.5, 0.6) is 5.75 Å². The largest absolute Gasteiger partial charge is 0.497 e. The fraction of sp³-hybridized carbons (Fsp3) is 0.542. The zero-order valence-electron chi connectivity index (χ0n) is 17.6. The van der Waals surface area contributed by atoms with Crippen molar-refractivity contribution in [2.75, 3.05) is 39.8 Å². The van der Waals surface area contributed by atoms with Gasteiger partial charge in [-0.1, -0.05) is 29.9 Å². The van der Waals surface area contributed by atoms with Crippen molar-refractivity contribution < 1.29 is 9.53 Å². The number of rotatable bonds is 8. The molecule has 0 radical (unpaired) electrons. The summed E-state index contributed by atoms with van der Waals surface area (Å²) in [6.45, 7) is 9.14. The minimum Gasteiger partial charge on any atom is -0.497 e. The molecule has 0 saturated carbocycles. The summed E-state index contributed by atoms with van der Waals surface area (Å²) in [6, 6.07) is 8.36. The predicted molar refractivity (Wildman–Crippen MR) is 115 cm³/mol. The number of nitrogens with zero attached hydrogens (tertiary/aromatic N) is 2. The summed E-state index contributed by atoms with van der Waals surface area (Å²) in [5.41, 5.74) is 3.48. The lowest BCUT2D eigenvalue weighted by molar-refractivity contribution is -0.127. The van der Waals surface area contributed by atoms with Gasteiger partial charge < -0.3 is 14.5 Å². The Hall–Kier alpha value is -2.07. The Morgan fingerprint density at radius 3 is 2.93 bits per heavy atom. The Morgan fingerprint density at radius 2 is 2.21 bits per heavy atom. The van der Waals surface area contributed by atoms with Gasteiger partial charge >= 0.3 is 0 Å². The van der Waals surface area contributed by atoms with Gasteiger partial charge in [0.15, 0.2) is 0 Å². The Balaban J connectivity index is 1.51. The minimum atomic E-state index is 0.226. The first-order valence-corrected chi connectivity index (χ1v) is 10.6. The van der Waals surface area contributed by atoms with Gasteiger partial charge in [0.05, 0.1) is 7.11 Å². The van der Waals surface area contributed by atoms with Crippen LogP contribution in [0, 0.1) is 5.92 Å². The van der Waals surface area contributed by atoms with Crippen molar-refractivity contribution in [1.82, 2.24) is 9.80 Å². The molecule has 2 aliphatic rings. The molecule has 1 aromatic rings. The first kappa shape index (κ1) is 20.7. The van der Waals surface area contributed by atoms with Crippen LogP contribution in [-0.4, -0.2) is 55.5 Å². The molecular formula is C24H34N2O2. The number of carbonyl (C=O) groups is 1. The summed E-state index contributed by atoms with van der Waals surface area (Å²) in [7, 11) is 1.72. The highest BCUT2D eigenvalue weighted by molar-refractivity contribution is 5.95. The molecule has 1 aromatic carbocycles. The molecule has 1 amide bonds. The van der Waals surface area contributed by atoms with Gasteiger partial charge in [-0.05, 0) is 69.7 Å². The molecule has 1 heterocycles. The summed E-state index contributed by atoms with van der Waals surface area (Å²) in [5, 5.41) is 0. The van der Waals surface area contributed by atoms with Crippen LogP contribution in [0.1, 0.15) is 38.7 Å². The third kappa shape index (κ3) is 5.48. The average molecular weight is 383 g/mol. The molecule has 4 nitrogen and oxygen atoms in total. The van der Waals surface area contributed by atoms with Gasteiger partial charge in [0.1, 0.15) is 5.75 Å². The molecule has 1 atom stereocenters. The molecule has 152 valence electrons. The molecule has 1 aliphatic carbocycles. The summed E-state index contributed by atoms with van der Waals surface area (Å²) in [5.74, 6) is 1.72. The Kier molecular flexibility index (Phi) is 7.32. The zero-order valence-corrected chi connectivity index (χ0v) is 17.6. The van der Waals surface area contributed by atoms with E-state index in [1.807, 2.05) is 12.1 Å². The van der Waals surface area contributed by atoms with E-state index in [9.17, 15) is 4.79 Å². The third-order valence-electron chi connectivity index (χ3n) is 5.92. The van der Waals surface area contributed by atoms with Gasteiger partial charge in [-0.2, -0.15) is 0 Å². The number of ether oxygens (including phenoxy) is 1. The average Bonchev–Trinajstić information content (AvgIpc) is 3.17. The molecular weight excluding hydrogens is 348 g/mol. The molecule has 1 unspecified atom stereocenters. The Bertz CT molecular complexity index is 738. The highest BCUT2D eigenvalue weighted by Gasteiger charge is 2.25. The predicted octanol–water partition coefficient (Wildman–Crippen LogP) is 4.07. The Labute approximate surface area is 169 Å². The molecule has 0 bridgehead atoms. The number of likely N-dealkylation sites (N-methyl/N-ethyl adjacent to an activating group) is 1. The smallest absolute Gasteiger partial charge is 0.250 e. The van der Waals surface area contributed by atoms with Crippen LogP contribution in [0.3, 0.4) is 0 Å². The number of allylic oxidation sites excluding steroid dienone is 3. The van der Waals surface area contributed by atoms with Crippen molar-refractivity contribution in [2.45, 2.75) is 39.5 Å². The SMILES string of the molecule is CCN(CC1CCCN(CCc2cccc(OC)c2)C1)C(=O)C1=CC(C)=CC1. The molecule has 0 N–H and O–H groups in total. The molecule has 0 aromatic heterocycles. The lowest BCUT2D eigenvalue weighted by Crippen LogP contribution is -2.43. The van der Waals surface area contributed by atoms with E-state index in [0.717, 1.165) is 56.9 Å². The highest BCUT2D eigenvalue weighted by Crippen LogP contribution is 2.23. The monoisotopic (exact) mass is 382 g/mol. The third-order valence-corrected chi connectivity index (χ3v) is 5.92. The van der Waals surface area contributed by atoms with Crippen LogP contribution in [0.4, 0.5) is 0 Å². The van der Waals surface area contributed by atoms with E-state index in [4.69, 9.17) is 4.74 Å². The van der Waals surface area contributed by atoms with Crippen LogP contribution in [-0.2, 0) is 11.2 Å². The van der Waals surface area contributed by atoms with Gasteiger partial charge in [0, 0.05) is 31.8 Å². The van der Waals surface area contributed by atoms with Crippen LogP contribution in [0.25, 0.3) is 0 Å². The second kappa shape index (κ2) is 9.92.